The second-order valence-electron chi connectivity index (χ2n) is 4.54. The van der Waals surface area contributed by atoms with E-state index in [9.17, 15) is 4.79 Å². The van der Waals surface area contributed by atoms with Crippen LogP contribution in [0.5, 0.6) is 0 Å². The minimum absolute atomic E-state index is 0.0412. The third kappa shape index (κ3) is 3.07. The van der Waals surface area contributed by atoms with Crippen molar-refractivity contribution in [2.45, 2.75) is 24.0 Å². The van der Waals surface area contributed by atoms with Crippen molar-refractivity contribution in [2.75, 3.05) is 20.1 Å². The second kappa shape index (κ2) is 6.64. The first kappa shape index (κ1) is 14.7. The van der Waals surface area contributed by atoms with Gasteiger partial charge in [-0.2, -0.15) is 0 Å². The molecule has 1 amide bonds. The largest absolute Gasteiger partial charge is 0.324 e. The highest BCUT2D eigenvalue weighted by atomic mass is 35.5. The maximum absolute atomic E-state index is 12.4. The summed E-state index contributed by atoms with van der Waals surface area (Å²) in [6, 6.07) is 7.79. The number of benzene rings is 1. The number of nitrogens with one attached hydrogen (secondary N) is 1. The van der Waals surface area contributed by atoms with Gasteiger partial charge in [0.25, 0.3) is 0 Å². The highest BCUT2D eigenvalue weighted by molar-refractivity contribution is 8.01. The van der Waals surface area contributed by atoms with E-state index >= 15 is 0 Å². The summed E-state index contributed by atoms with van der Waals surface area (Å²) < 4.78 is 0. The van der Waals surface area contributed by atoms with Gasteiger partial charge in [-0.25, -0.2) is 0 Å². The fourth-order valence-electron chi connectivity index (χ4n) is 2.23. The van der Waals surface area contributed by atoms with E-state index in [-0.39, 0.29) is 16.5 Å². The number of hydrogen-bond acceptors (Lipinski definition) is 3. The molecular weight excluding hydrogens is 280 g/mol. The number of likely N-dealkylation sites (N-methyl/N-ethyl adjacent to an activating group) is 1. The lowest BCUT2D eigenvalue weighted by Gasteiger charge is -2.24. The molecule has 0 bridgehead atoms. The Morgan fingerprint density at radius 1 is 1.42 bits per heavy atom. The molecule has 2 rings (SSSR count). The predicted molar refractivity (Wildman–Crippen MR) is 81.5 cm³/mol. The molecule has 1 aromatic rings. The van der Waals surface area contributed by atoms with Crippen LogP contribution in [0.25, 0.3) is 0 Å². The number of thioether (sulfide) groups is 1. The molecule has 0 aliphatic carbocycles. The van der Waals surface area contributed by atoms with Gasteiger partial charge in [0.15, 0.2) is 0 Å². The minimum atomic E-state index is 0.0412. The lowest BCUT2D eigenvalue weighted by Crippen LogP contribution is -2.35. The molecule has 1 fully saturated rings. The Morgan fingerprint density at radius 2 is 2.16 bits per heavy atom. The lowest BCUT2D eigenvalue weighted by atomic mass is 10.2. The normalized spacial score (nSPS) is 23.1. The molecule has 1 aliphatic heterocycles. The van der Waals surface area contributed by atoms with Crippen molar-refractivity contribution in [2.24, 2.45) is 0 Å². The molecular formula is C14H19ClN2OS. The predicted octanol–water partition coefficient (Wildman–Crippen LogP) is 2.91. The van der Waals surface area contributed by atoms with Gasteiger partial charge in [0.2, 0.25) is 5.91 Å². The molecule has 1 saturated heterocycles. The van der Waals surface area contributed by atoms with Gasteiger partial charge in [-0.05, 0) is 19.5 Å². The van der Waals surface area contributed by atoms with E-state index in [0.29, 0.717) is 6.54 Å². The van der Waals surface area contributed by atoms with E-state index in [1.54, 1.807) is 11.8 Å². The van der Waals surface area contributed by atoms with E-state index in [1.165, 1.54) is 0 Å². The van der Waals surface area contributed by atoms with Crippen LogP contribution in [0, 0.1) is 0 Å². The van der Waals surface area contributed by atoms with Crippen molar-refractivity contribution in [3.8, 4) is 0 Å². The Hall–Kier alpha value is -0.710. The molecule has 1 aromatic carbocycles. The van der Waals surface area contributed by atoms with Gasteiger partial charge in [0.1, 0.15) is 5.37 Å². The number of halogens is 1. The zero-order valence-corrected chi connectivity index (χ0v) is 12.8. The van der Waals surface area contributed by atoms with Gasteiger partial charge in [-0.1, -0.05) is 36.7 Å². The first-order valence-corrected chi connectivity index (χ1v) is 7.86. The Balaban J connectivity index is 2.26. The molecule has 1 N–H and O–H groups in total. The number of nitrogens with zero attached hydrogens (tertiary/aromatic N) is 1. The summed E-state index contributed by atoms with van der Waals surface area (Å²) in [6.07, 6.45) is 0.862. The SMILES string of the molecule is CCC1SC(c2ccccc2Cl)N(CCNC)C1=O. The summed E-state index contributed by atoms with van der Waals surface area (Å²) in [4.78, 5) is 14.3. The molecule has 2 unspecified atom stereocenters. The van der Waals surface area contributed by atoms with Gasteiger partial charge in [0, 0.05) is 23.7 Å². The average molecular weight is 299 g/mol. The van der Waals surface area contributed by atoms with Crippen LogP contribution < -0.4 is 5.32 Å². The number of hydrogen-bond donors (Lipinski definition) is 1. The molecule has 0 aromatic heterocycles. The van der Waals surface area contributed by atoms with Crippen LogP contribution in [0.3, 0.4) is 0 Å². The maximum Gasteiger partial charge on any atom is 0.236 e. The zero-order valence-electron chi connectivity index (χ0n) is 11.2. The summed E-state index contributed by atoms with van der Waals surface area (Å²) in [6.45, 7) is 3.57. The molecule has 1 heterocycles. The van der Waals surface area contributed by atoms with E-state index in [1.807, 2.05) is 36.2 Å². The highest BCUT2D eigenvalue weighted by Crippen LogP contribution is 2.45. The Morgan fingerprint density at radius 3 is 2.79 bits per heavy atom. The number of rotatable bonds is 5. The fourth-order valence-corrected chi connectivity index (χ4v) is 4.00. The van der Waals surface area contributed by atoms with Crippen LogP contribution in [0.15, 0.2) is 24.3 Å². The zero-order chi connectivity index (χ0) is 13.8. The third-order valence-electron chi connectivity index (χ3n) is 3.28. The second-order valence-corrected chi connectivity index (χ2v) is 6.24. The van der Waals surface area contributed by atoms with Crippen LogP contribution in [-0.2, 0) is 4.79 Å². The van der Waals surface area contributed by atoms with Crippen molar-refractivity contribution in [1.82, 2.24) is 10.2 Å². The lowest BCUT2D eigenvalue weighted by molar-refractivity contribution is -0.130. The molecule has 0 spiro atoms. The number of carbonyl (C=O) groups excluding carboxylic acids is 1. The molecule has 0 radical (unpaired) electrons. The van der Waals surface area contributed by atoms with Crippen LogP contribution >= 0.6 is 23.4 Å². The summed E-state index contributed by atoms with van der Waals surface area (Å²) in [5, 5.41) is 3.93. The summed E-state index contributed by atoms with van der Waals surface area (Å²) in [5.74, 6) is 0.229. The van der Waals surface area contributed by atoms with E-state index in [0.717, 1.165) is 23.6 Å². The summed E-state index contributed by atoms with van der Waals surface area (Å²) in [7, 11) is 1.90. The quantitative estimate of drug-likeness (QED) is 0.907. The molecule has 3 nitrogen and oxygen atoms in total. The number of amides is 1. The van der Waals surface area contributed by atoms with Crippen molar-refractivity contribution in [3.05, 3.63) is 34.9 Å². The van der Waals surface area contributed by atoms with E-state index in [4.69, 9.17) is 11.6 Å². The highest BCUT2D eigenvalue weighted by Gasteiger charge is 2.40. The fraction of sp³-hybridized carbons (Fsp3) is 0.500. The smallest absolute Gasteiger partial charge is 0.236 e. The van der Waals surface area contributed by atoms with Gasteiger partial charge in [0.05, 0.1) is 5.25 Å². The maximum atomic E-state index is 12.4. The minimum Gasteiger partial charge on any atom is -0.324 e. The van der Waals surface area contributed by atoms with Crippen LogP contribution in [-0.4, -0.2) is 36.2 Å². The average Bonchev–Trinajstić information content (AvgIpc) is 2.73. The van der Waals surface area contributed by atoms with Crippen LogP contribution in [0.4, 0.5) is 0 Å². The van der Waals surface area contributed by atoms with Gasteiger partial charge in [-0.3, -0.25) is 4.79 Å². The monoisotopic (exact) mass is 298 g/mol. The summed E-state index contributed by atoms with van der Waals surface area (Å²) in [5.41, 5.74) is 1.04. The van der Waals surface area contributed by atoms with Crippen molar-refractivity contribution >= 4 is 29.3 Å². The van der Waals surface area contributed by atoms with E-state index in [2.05, 4.69) is 12.2 Å². The molecule has 19 heavy (non-hydrogen) atoms. The van der Waals surface area contributed by atoms with Gasteiger partial charge < -0.3 is 10.2 Å². The first-order valence-electron chi connectivity index (χ1n) is 6.54. The Kier molecular flexibility index (Phi) is 5.13. The molecule has 1 aliphatic rings. The molecule has 5 heteroatoms. The molecule has 104 valence electrons. The summed E-state index contributed by atoms with van der Waals surface area (Å²) >= 11 is 7.98. The standard InChI is InChI=1S/C14H19ClN2OS/c1-3-12-13(18)17(9-8-16-2)14(19-12)10-6-4-5-7-11(10)15/h4-7,12,14,16H,3,8-9H2,1-2H3. The van der Waals surface area contributed by atoms with Gasteiger partial charge in [-0.15, -0.1) is 11.8 Å². The third-order valence-corrected chi connectivity index (χ3v) is 5.25. The topological polar surface area (TPSA) is 32.3 Å². The van der Waals surface area contributed by atoms with Crippen molar-refractivity contribution in [1.29, 1.82) is 0 Å². The van der Waals surface area contributed by atoms with Gasteiger partial charge >= 0.3 is 0 Å². The van der Waals surface area contributed by atoms with E-state index < -0.39 is 0 Å². The molecule has 2 atom stereocenters. The van der Waals surface area contributed by atoms with Crippen LogP contribution in [0.1, 0.15) is 24.3 Å². The molecule has 0 saturated carbocycles. The van der Waals surface area contributed by atoms with Crippen molar-refractivity contribution < 1.29 is 4.79 Å². The Labute approximate surface area is 123 Å². The van der Waals surface area contributed by atoms with Crippen molar-refractivity contribution in [3.63, 3.8) is 0 Å². The first-order chi connectivity index (χ1) is 9.19. The Bertz CT molecular complexity index is 455. The number of carbonyl (C=O) groups is 1. The van der Waals surface area contributed by atoms with Crippen LogP contribution in [0.2, 0.25) is 5.02 Å².